The third-order valence-electron chi connectivity index (χ3n) is 1.23. The molecule has 6 heteroatoms. The fourth-order valence-electron chi connectivity index (χ4n) is 0.558. The van der Waals surface area contributed by atoms with Crippen molar-refractivity contribution >= 4 is 12.4 Å². The van der Waals surface area contributed by atoms with Crippen LogP contribution in [0, 0.1) is 0 Å². The van der Waals surface area contributed by atoms with E-state index in [0.29, 0.717) is 0 Å². The SMILES string of the molecule is C=COC(=O)NC(C=O)(OC)OC. The normalized spacial score (nSPS) is 10.3. The predicted molar refractivity (Wildman–Crippen MR) is 42.6 cm³/mol. The number of ether oxygens (including phenoxy) is 3. The number of aldehydes is 1. The van der Waals surface area contributed by atoms with Gasteiger partial charge in [0.25, 0.3) is 0 Å². The summed E-state index contributed by atoms with van der Waals surface area (Å²) in [5, 5.41) is 2.04. The minimum absolute atomic E-state index is 0.289. The number of rotatable bonds is 5. The monoisotopic (exact) mass is 189 g/mol. The number of hydrogen-bond acceptors (Lipinski definition) is 5. The van der Waals surface area contributed by atoms with Crippen LogP contribution in [0.4, 0.5) is 4.79 Å². The van der Waals surface area contributed by atoms with Gasteiger partial charge in [-0.05, 0) is 0 Å². The maximum Gasteiger partial charge on any atom is 0.416 e. The molecule has 74 valence electrons. The lowest BCUT2D eigenvalue weighted by atomic mass is 10.5. The van der Waals surface area contributed by atoms with Crippen molar-refractivity contribution in [2.75, 3.05) is 14.2 Å². The second-order valence-electron chi connectivity index (χ2n) is 1.89. The number of methoxy groups -OCH3 is 2. The lowest BCUT2D eigenvalue weighted by Gasteiger charge is -2.24. The summed E-state index contributed by atoms with van der Waals surface area (Å²) in [6.45, 7) is 3.16. The van der Waals surface area contributed by atoms with Gasteiger partial charge in [-0.1, -0.05) is 6.58 Å². The van der Waals surface area contributed by atoms with Crippen LogP contribution >= 0.6 is 0 Å². The number of carbonyl (C=O) groups is 2. The summed E-state index contributed by atoms with van der Waals surface area (Å²) in [7, 11) is 2.40. The molecule has 0 saturated heterocycles. The Morgan fingerprint density at radius 3 is 2.31 bits per heavy atom. The molecule has 0 aliphatic heterocycles. The molecule has 0 atom stereocenters. The molecule has 0 bridgehead atoms. The van der Waals surface area contributed by atoms with E-state index in [4.69, 9.17) is 0 Å². The van der Waals surface area contributed by atoms with Gasteiger partial charge >= 0.3 is 12.0 Å². The number of carbonyl (C=O) groups excluding carboxylic acids is 2. The van der Waals surface area contributed by atoms with Crippen molar-refractivity contribution in [3.05, 3.63) is 12.8 Å². The smallest absolute Gasteiger partial charge is 0.416 e. The summed E-state index contributed by atoms with van der Waals surface area (Å²) in [6, 6.07) is 0. The van der Waals surface area contributed by atoms with E-state index in [2.05, 4.69) is 20.8 Å². The highest BCUT2D eigenvalue weighted by Crippen LogP contribution is 2.02. The molecule has 0 aliphatic carbocycles. The van der Waals surface area contributed by atoms with Crippen LogP contribution < -0.4 is 5.32 Å². The van der Waals surface area contributed by atoms with Crippen LogP contribution in [-0.2, 0) is 19.0 Å². The van der Waals surface area contributed by atoms with Gasteiger partial charge in [0.1, 0.15) is 0 Å². The summed E-state index contributed by atoms with van der Waals surface area (Å²) in [5.74, 6) is -1.81. The molecular formula is C7H11NO5. The zero-order chi connectivity index (χ0) is 10.3. The van der Waals surface area contributed by atoms with E-state index >= 15 is 0 Å². The van der Waals surface area contributed by atoms with Crippen molar-refractivity contribution < 1.29 is 23.8 Å². The Bertz CT molecular complexity index is 199. The second kappa shape index (κ2) is 5.28. The van der Waals surface area contributed by atoms with E-state index in [1.807, 2.05) is 5.32 Å². The zero-order valence-corrected chi connectivity index (χ0v) is 7.40. The second-order valence-corrected chi connectivity index (χ2v) is 1.89. The van der Waals surface area contributed by atoms with E-state index in [-0.39, 0.29) is 6.29 Å². The van der Waals surface area contributed by atoms with Gasteiger partial charge in [-0.2, -0.15) is 0 Å². The Morgan fingerprint density at radius 1 is 1.46 bits per heavy atom. The van der Waals surface area contributed by atoms with Crippen molar-refractivity contribution in [3.8, 4) is 0 Å². The average molecular weight is 189 g/mol. The van der Waals surface area contributed by atoms with E-state index in [9.17, 15) is 9.59 Å². The van der Waals surface area contributed by atoms with E-state index < -0.39 is 12.0 Å². The van der Waals surface area contributed by atoms with Crippen molar-refractivity contribution in [2.24, 2.45) is 0 Å². The quantitative estimate of drug-likeness (QED) is 0.374. The Kier molecular flexibility index (Phi) is 4.71. The zero-order valence-electron chi connectivity index (χ0n) is 7.40. The standard InChI is InChI=1S/C7H11NO5/c1-4-13-6(10)8-7(5-9,11-2)12-3/h4-5H,1H2,2-3H3,(H,8,10). The molecule has 1 N–H and O–H groups in total. The maximum atomic E-state index is 10.8. The lowest BCUT2D eigenvalue weighted by Crippen LogP contribution is -2.52. The minimum Gasteiger partial charge on any atom is -0.419 e. The lowest BCUT2D eigenvalue weighted by molar-refractivity contribution is -0.206. The van der Waals surface area contributed by atoms with Gasteiger partial charge in [0, 0.05) is 14.2 Å². The predicted octanol–water partition coefficient (Wildman–Crippen LogP) is 0.00160. The topological polar surface area (TPSA) is 73.9 Å². The first-order valence-corrected chi connectivity index (χ1v) is 3.30. The molecule has 0 aromatic carbocycles. The summed E-state index contributed by atoms with van der Waals surface area (Å²) in [4.78, 5) is 21.3. The number of hydrogen-bond donors (Lipinski definition) is 1. The van der Waals surface area contributed by atoms with Gasteiger partial charge in [0.15, 0.2) is 0 Å². The highest BCUT2D eigenvalue weighted by molar-refractivity contribution is 5.74. The molecule has 0 aromatic rings. The molecule has 0 aromatic heterocycles. The molecule has 0 rings (SSSR count). The van der Waals surface area contributed by atoms with E-state index in [1.165, 1.54) is 14.2 Å². The molecule has 13 heavy (non-hydrogen) atoms. The van der Waals surface area contributed by atoms with Crippen LogP contribution in [0.25, 0.3) is 0 Å². The molecular weight excluding hydrogens is 178 g/mol. The first-order valence-electron chi connectivity index (χ1n) is 3.30. The van der Waals surface area contributed by atoms with Crippen LogP contribution in [0.5, 0.6) is 0 Å². The van der Waals surface area contributed by atoms with Gasteiger partial charge in [-0.15, -0.1) is 0 Å². The Hall–Kier alpha value is -1.40. The van der Waals surface area contributed by atoms with Gasteiger partial charge in [-0.25, -0.2) is 4.79 Å². The molecule has 0 aliphatic rings. The summed E-state index contributed by atoms with van der Waals surface area (Å²) in [5.41, 5.74) is 0. The third-order valence-corrected chi connectivity index (χ3v) is 1.23. The Balaban J connectivity index is 4.32. The fourth-order valence-corrected chi connectivity index (χ4v) is 0.558. The largest absolute Gasteiger partial charge is 0.419 e. The first kappa shape index (κ1) is 11.6. The number of alkyl carbamates (subject to hydrolysis) is 1. The van der Waals surface area contributed by atoms with E-state index in [1.54, 1.807) is 0 Å². The minimum atomic E-state index is -1.81. The van der Waals surface area contributed by atoms with Crippen molar-refractivity contribution in [1.29, 1.82) is 0 Å². The summed E-state index contributed by atoms with van der Waals surface area (Å²) in [6.07, 6.45) is 0.305. The van der Waals surface area contributed by atoms with Gasteiger partial charge in [0.2, 0.25) is 6.29 Å². The Labute approximate surface area is 75.5 Å². The van der Waals surface area contributed by atoms with Crippen LogP contribution in [0.2, 0.25) is 0 Å². The van der Waals surface area contributed by atoms with Crippen molar-refractivity contribution in [3.63, 3.8) is 0 Å². The van der Waals surface area contributed by atoms with Crippen LogP contribution in [0.3, 0.4) is 0 Å². The Morgan fingerprint density at radius 2 is 2.00 bits per heavy atom. The average Bonchev–Trinajstić information content (AvgIpc) is 2.15. The third kappa shape index (κ3) is 3.22. The molecule has 0 radical (unpaired) electrons. The fraction of sp³-hybridized carbons (Fsp3) is 0.429. The first-order chi connectivity index (χ1) is 6.14. The summed E-state index contributed by atoms with van der Waals surface area (Å²) >= 11 is 0. The molecule has 0 fully saturated rings. The van der Waals surface area contributed by atoms with Crippen molar-refractivity contribution in [1.82, 2.24) is 5.32 Å². The number of amides is 1. The molecule has 1 amide bonds. The van der Waals surface area contributed by atoms with Gasteiger partial charge in [-0.3, -0.25) is 10.1 Å². The molecule has 6 nitrogen and oxygen atoms in total. The van der Waals surface area contributed by atoms with Crippen LogP contribution in [0.15, 0.2) is 12.8 Å². The molecule has 0 unspecified atom stereocenters. The molecule has 0 saturated carbocycles. The molecule has 0 spiro atoms. The summed E-state index contributed by atoms with van der Waals surface area (Å²) < 4.78 is 13.5. The van der Waals surface area contributed by atoms with Crippen molar-refractivity contribution in [2.45, 2.75) is 5.91 Å². The molecule has 0 heterocycles. The van der Waals surface area contributed by atoms with Gasteiger partial charge < -0.3 is 14.2 Å². The highest BCUT2D eigenvalue weighted by Gasteiger charge is 2.31. The number of nitrogens with one attached hydrogen (secondary N) is 1. The van der Waals surface area contributed by atoms with Crippen LogP contribution in [0.1, 0.15) is 0 Å². The van der Waals surface area contributed by atoms with E-state index in [0.717, 1.165) is 6.26 Å². The van der Waals surface area contributed by atoms with Gasteiger partial charge in [0.05, 0.1) is 6.26 Å². The highest BCUT2D eigenvalue weighted by atomic mass is 16.7. The van der Waals surface area contributed by atoms with Crippen LogP contribution in [-0.4, -0.2) is 32.5 Å². The maximum absolute atomic E-state index is 10.8.